The van der Waals surface area contributed by atoms with Gasteiger partial charge < -0.3 is 9.84 Å². The van der Waals surface area contributed by atoms with E-state index in [1.807, 2.05) is 0 Å². The number of ether oxygens (including phenoxy) is 1. The first-order chi connectivity index (χ1) is 12.2. The minimum Gasteiger partial charge on any atom is -0.497 e. The van der Waals surface area contributed by atoms with E-state index < -0.39 is 21.6 Å². The number of carbonyl (C=O) groups excluding carboxylic acids is 1. The average Bonchev–Trinajstić information content (AvgIpc) is 2.63. The summed E-state index contributed by atoms with van der Waals surface area (Å²) < 4.78 is 36.7. The summed E-state index contributed by atoms with van der Waals surface area (Å²) in [6.07, 6.45) is 2.41. The fraction of sp³-hybridized carbons (Fsp3) is 0.118. The van der Waals surface area contributed by atoms with Gasteiger partial charge in [-0.1, -0.05) is 12.1 Å². The Labute approximate surface area is 149 Å². The molecule has 3 rings (SSSR count). The second kappa shape index (κ2) is 6.45. The molecule has 0 aliphatic heterocycles. The van der Waals surface area contributed by atoms with Gasteiger partial charge in [0.1, 0.15) is 5.75 Å². The van der Waals surface area contributed by atoms with Gasteiger partial charge in [-0.05, 0) is 48.0 Å². The van der Waals surface area contributed by atoms with E-state index >= 15 is 0 Å². The molecule has 0 saturated carbocycles. The second-order valence-electron chi connectivity index (χ2n) is 5.49. The van der Waals surface area contributed by atoms with E-state index in [-0.39, 0.29) is 16.0 Å². The molecule has 0 fully saturated rings. The number of benzene rings is 2. The van der Waals surface area contributed by atoms with Gasteiger partial charge in [-0.25, -0.2) is 0 Å². The number of hydrogen-bond acceptors (Lipinski definition) is 7. The summed E-state index contributed by atoms with van der Waals surface area (Å²) in [5.74, 6) is -0.107. The molecule has 0 aromatic heterocycles. The van der Waals surface area contributed by atoms with Crippen LogP contribution in [0.1, 0.15) is 11.1 Å². The molecular formula is C17H14N2O6S. The first kappa shape index (κ1) is 17.9. The average molecular weight is 374 g/mol. The van der Waals surface area contributed by atoms with E-state index in [0.717, 1.165) is 18.2 Å². The van der Waals surface area contributed by atoms with Gasteiger partial charge in [-0.15, -0.1) is 5.11 Å². The molecule has 0 saturated heterocycles. The van der Waals surface area contributed by atoms with Crippen molar-refractivity contribution >= 4 is 27.7 Å². The SMILES string of the molecule is COc1ccc(N=NC2(O)C(=O)C=Cc3cc(S(=O)(=O)O)ccc32)cc1. The number of rotatable bonds is 4. The van der Waals surface area contributed by atoms with Crippen LogP contribution in [-0.4, -0.2) is 31.0 Å². The number of hydrogen-bond donors (Lipinski definition) is 2. The van der Waals surface area contributed by atoms with Gasteiger partial charge in [0, 0.05) is 5.56 Å². The number of fused-ring (bicyclic) bond motifs is 1. The predicted octanol–water partition coefficient (Wildman–Crippen LogP) is 2.47. The Hall–Kier alpha value is -2.88. The van der Waals surface area contributed by atoms with Crippen molar-refractivity contribution in [1.82, 2.24) is 0 Å². The fourth-order valence-corrected chi connectivity index (χ4v) is 2.97. The van der Waals surface area contributed by atoms with E-state index in [2.05, 4.69) is 10.2 Å². The molecule has 2 N–H and O–H groups in total. The van der Waals surface area contributed by atoms with E-state index in [9.17, 15) is 18.3 Å². The number of carbonyl (C=O) groups is 1. The van der Waals surface area contributed by atoms with Crippen molar-refractivity contribution < 1.29 is 27.6 Å². The maximum absolute atomic E-state index is 12.2. The summed E-state index contributed by atoms with van der Waals surface area (Å²) in [5.41, 5.74) is -1.61. The minimum atomic E-state index is -4.42. The maximum atomic E-state index is 12.2. The Morgan fingerprint density at radius 2 is 1.77 bits per heavy atom. The largest absolute Gasteiger partial charge is 0.497 e. The topological polar surface area (TPSA) is 126 Å². The van der Waals surface area contributed by atoms with Crippen LogP contribution in [0.25, 0.3) is 6.08 Å². The number of azo groups is 1. The van der Waals surface area contributed by atoms with Gasteiger partial charge >= 0.3 is 0 Å². The Morgan fingerprint density at radius 3 is 2.38 bits per heavy atom. The smallest absolute Gasteiger partial charge is 0.294 e. The number of aliphatic hydroxyl groups is 1. The van der Waals surface area contributed by atoms with Crippen LogP contribution in [0.3, 0.4) is 0 Å². The van der Waals surface area contributed by atoms with Crippen molar-refractivity contribution in [2.75, 3.05) is 7.11 Å². The molecule has 134 valence electrons. The van der Waals surface area contributed by atoms with Crippen molar-refractivity contribution in [3.8, 4) is 5.75 Å². The molecule has 0 spiro atoms. The van der Waals surface area contributed by atoms with Crippen molar-refractivity contribution in [1.29, 1.82) is 0 Å². The molecule has 2 aromatic rings. The van der Waals surface area contributed by atoms with Crippen LogP contribution in [0.15, 0.2) is 63.7 Å². The molecule has 1 unspecified atom stereocenters. The zero-order valence-corrected chi connectivity index (χ0v) is 14.3. The molecule has 1 atom stereocenters. The number of nitrogens with zero attached hydrogens (tertiary/aromatic N) is 2. The van der Waals surface area contributed by atoms with Gasteiger partial charge in [0.15, 0.2) is 0 Å². The van der Waals surface area contributed by atoms with Crippen molar-refractivity contribution in [2.45, 2.75) is 10.6 Å². The summed E-state index contributed by atoms with van der Waals surface area (Å²) in [6, 6.07) is 9.91. The normalized spacial score (nSPS) is 19.6. The third-order valence-corrected chi connectivity index (χ3v) is 4.69. The molecule has 1 aliphatic rings. The molecular weight excluding hydrogens is 360 g/mol. The lowest BCUT2D eigenvalue weighted by Gasteiger charge is -2.25. The molecule has 26 heavy (non-hydrogen) atoms. The predicted molar refractivity (Wildman–Crippen MR) is 91.7 cm³/mol. The standard InChI is InChI=1S/C17H14N2O6S/c1-25-13-5-3-12(4-6-13)18-19-17(21)15-8-7-14(26(22,23)24)10-11(15)2-9-16(17)20/h2-10,21H,1H3,(H,22,23,24). The number of ketones is 1. The van der Waals surface area contributed by atoms with Gasteiger partial charge in [0.05, 0.1) is 17.7 Å². The van der Waals surface area contributed by atoms with Crippen LogP contribution >= 0.6 is 0 Å². The monoisotopic (exact) mass is 374 g/mol. The molecule has 1 aliphatic carbocycles. The summed E-state index contributed by atoms with van der Waals surface area (Å²) in [6.45, 7) is 0. The second-order valence-corrected chi connectivity index (χ2v) is 6.91. The number of methoxy groups -OCH3 is 1. The molecule has 8 nitrogen and oxygen atoms in total. The maximum Gasteiger partial charge on any atom is 0.294 e. The highest BCUT2D eigenvalue weighted by Crippen LogP contribution is 2.35. The van der Waals surface area contributed by atoms with E-state index in [1.165, 1.54) is 19.3 Å². The third-order valence-electron chi connectivity index (χ3n) is 3.84. The zero-order valence-electron chi connectivity index (χ0n) is 13.5. The quantitative estimate of drug-likeness (QED) is 0.625. The molecule has 0 radical (unpaired) electrons. The van der Waals surface area contributed by atoms with E-state index in [1.54, 1.807) is 24.3 Å². The highest BCUT2D eigenvalue weighted by Gasteiger charge is 2.41. The summed E-state index contributed by atoms with van der Waals surface area (Å²) in [5, 5.41) is 18.4. The summed E-state index contributed by atoms with van der Waals surface area (Å²) in [4.78, 5) is 11.8. The third kappa shape index (κ3) is 3.27. The van der Waals surface area contributed by atoms with Crippen molar-refractivity contribution in [2.24, 2.45) is 10.2 Å². The Morgan fingerprint density at radius 1 is 1.08 bits per heavy atom. The Balaban J connectivity index is 2.02. The first-order valence-corrected chi connectivity index (χ1v) is 8.82. The van der Waals surface area contributed by atoms with Crippen LogP contribution in [0.2, 0.25) is 0 Å². The molecule has 9 heteroatoms. The molecule has 0 heterocycles. The van der Waals surface area contributed by atoms with Crippen LogP contribution in [0.4, 0.5) is 5.69 Å². The molecule has 0 bridgehead atoms. The Kier molecular flexibility index (Phi) is 4.45. The highest BCUT2D eigenvalue weighted by molar-refractivity contribution is 7.85. The van der Waals surface area contributed by atoms with E-state index in [4.69, 9.17) is 9.29 Å². The van der Waals surface area contributed by atoms with Gasteiger partial charge in [-0.3, -0.25) is 9.35 Å². The molecule has 2 aromatic carbocycles. The lowest BCUT2D eigenvalue weighted by molar-refractivity contribution is -0.133. The van der Waals surface area contributed by atoms with Crippen LogP contribution in [0, 0.1) is 0 Å². The summed E-state index contributed by atoms with van der Waals surface area (Å²) in [7, 11) is -2.90. The Bertz CT molecular complexity index is 1030. The van der Waals surface area contributed by atoms with Crippen LogP contribution in [-0.2, 0) is 20.6 Å². The van der Waals surface area contributed by atoms with E-state index in [0.29, 0.717) is 11.4 Å². The van der Waals surface area contributed by atoms with Gasteiger partial charge in [0.25, 0.3) is 15.8 Å². The first-order valence-electron chi connectivity index (χ1n) is 7.38. The van der Waals surface area contributed by atoms with Crippen LogP contribution < -0.4 is 4.74 Å². The van der Waals surface area contributed by atoms with Crippen molar-refractivity contribution in [3.63, 3.8) is 0 Å². The van der Waals surface area contributed by atoms with Gasteiger partial charge in [0.2, 0.25) is 5.78 Å². The van der Waals surface area contributed by atoms with Crippen LogP contribution in [0.5, 0.6) is 5.75 Å². The highest BCUT2D eigenvalue weighted by atomic mass is 32.2. The summed E-state index contributed by atoms with van der Waals surface area (Å²) >= 11 is 0. The minimum absolute atomic E-state index is 0.0645. The van der Waals surface area contributed by atoms with Gasteiger partial charge in [-0.2, -0.15) is 13.5 Å². The zero-order chi connectivity index (χ0) is 18.9. The molecule has 0 amide bonds. The van der Waals surface area contributed by atoms with Crippen molar-refractivity contribution in [3.05, 3.63) is 59.7 Å². The lowest BCUT2D eigenvalue weighted by Crippen LogP contribution is -2.34. The fourth-order valence-electron chi connectivity index (χ4n) is 2.45. The lowest BCUT2D eigenvalue weighted by atomic mass is 9.89.